The van der Waals surface area contributed by atoms with Gasteiger partial charge in [-0.25, -0.2) is 0 Å². The molecule has 0 radical (unpaired) electrons. The van der Waals surface area contributed by atoms with Gasteiger partial charge in [-0.1, -0.05) is 13.0 Å². The van der Waals surface area contributed by atoms with Crippen molar-refractivity contribution in [3.05, 3.63) is 29.3 Å². The van der Waals surface area contributed by atoms with E-state index in [1.54, 1.807) is 6.07 Å². The molecule has 6 heteroatoms. The second-order valence-electron chi connectivity index (χ2n) is 8.49. The second kappa shape index (κ2) is 6.82. The van der Waals surface area contributed by atoms with Gasteiger partial charge in [-0.3, -0.25) is 9.59 Å². The minimum atomic E-state index is -0.389. The van der Waals surface area contributed by atoms with E-state index in [-0.39, 0.29) is 23.3 Å². The molecule has 3 N–H and O–H groups in total. The third-order valence-electron chi connectivity index (χ3n) is 7.17. The minimum Gasteiger partial charge on any atom is -0.508 e. The van der Waals surface area contributed by atoms with Gasteiger partial charge in [0.25, 0.3) is 0 Å². The minimum absolute atomic E-state index is 0.0320. The van der Waals surface area contributed by atoms with Crippen molar-refractivity contribution in [2.24, 2.45) is 5.92 Å². The van der Waals surface area contributed by atoms with E-state index >= 15 is 0 Å². The van der Waals surface area contributed by atoms with E-state index in [0.29, 0.717) is 37.1 Å². The fourth-order valence-electron chi connectivity index (χ4n) is 5.49. The molecule has 4 atom stereocenters. The number of aromatic hydroxyl groups is 1. The standard InChI is InChI=1S/C21H29N3O3/c1-13-18-11-14-3-4-15(25)12-16(14)21(13,8-10-24(18)2)7-9-22-20(27)17-5-6-19(26)23-17/h3-4,12-13,17-18,25H,5-11H2,1-2H3,(H,22,27)(H,23,26)/t13-,17-,18+,21-/m0/s1. The zero-order chi connectivity index (χ0) is 19.2. The van der Waals surface area contributed by atoms with Gasteiger partial charge in [0.1, 0.15) is 11.8 Å². The second-order valence-corrected chi connectivity index (χ2v) is 8.49. The van der Waals surface area contributed by atoms with Crippen molar-refractivity contribution in [3.63, 3.8) is 0 Å². The molecule has 6 nitrogen and oxygen atoms in total. The van der Waals surface area contributed by atoms with Crippen LogP contribution in [0.4, 0.5) is 0 Å². The maximum absolute atomic E-state index is 12.4. The zero-order valence-corrected chi connectivity index (χ0v) is 16.1. The van der Waals surface area contributed by atoms with Crippen molar-refractivity contribution in [1.29, 1.82) is 0 Å². The summed E-state index contributed by atoms with van der Waals surface area (Å²) in [6, 6.07) is 5.88. The van der Waals surface area contributed by atoms with Crippen LogP contribution in [-0.2, 0) is 21.4 Å². The van der Waals surface area contributed by atoms with Gasteiger partial charge < -0.3 is 20.6 Å². The number of amides is 2. The van der Waals surface area contributed by atoms with Crippen molar-refractivity contribution in [3.8, 4) is 5.75 Å². The number of nitrogens with zero attached hydrogens (tertiary/aromatic N) is 1. The number of piperidine rings is 1. The molecule has 0 aromatic heterocycles. The molecule has 0 unspecified atom stereocenters. The number of fused-ring (bicyclic) bond motifs is 4. The number of likely N-dealkylation sites (N-methyl/N-ethyl adjacent to an activating group) is 1. The highest BCUT2D eigenvalue weighted by molar-refractivity contribution is 5.90. The number of phenolic OH excluding ortho intramolecular Hbond substituents is 1. The average Bonchev–Trinajstić information content (AvgIpc) is 3.07. The lowest BCUT2D eigenvalue weighted by Crippen LogP contribution is -2.58. The molecule has 2 fully saturated rings. The van der Waals surface area contributed by atoms with E-state index in [4.69, 9.17) is 0 Å². The predicted molar refractivity (Wildman–Crippen MR) is 102 cm³/mol. The van der Waals surface area contributed by atoms with Crippen molar-refractivity contribution in [2.45, 2.75) is 56.5 Å². The number of rotatable bonds is 4. The van der Waals surface area contributed by atoms with Gasteiger partial charge in [0.05, 0.1) is 0 Å². The summed E-state index contributed by atoms with van der Waals surface area (Å²) in [4.78, 5) is 26.2. The molecule has 2 aliphatic heterocycles. The van der Waals surface area contributed by atoms with E-state index in [9.17, 15) is 14.7 Å². The van der Waals surface area contributed by atoms with Crippen LogP contribution in [0, 0.1) is 5.92 Å². The van der Waals surface area contributed by atoms with Gasteiger partial charge in [0.15, 0.2) is 0 Å². The molecule has 1 aromatic carbocycles. The van der Waals surface area contributed by atoms with Gasteiger partial charge in [-0.2, -0.15) is 0 Å². The summed E-state index contributed by atoms with van der Waals surface area (Å²) in [5, 5.41) is 15.9. The quantitative estimate of drug-likeness (QED) is 0.745. The highest BCUT2D eigenvalue weighted by Crippen LogP contribution is 2.51. The number of nitrogens with one attached hydrogen (secondary N) is 2. The lowest BCUT2D eigenvalue weighted by Gasteiger charge is -2.55. The van der Waals surface area contributed by atoms with Crippen molar-refractivity contribution >= 4 is 11.8 Å². The summed E-state index contributed by atoms with van der Waals surface area (Å²) >= 11 is 0. The van der Waals surface area contributed by atoms with Crippen molar-refractivity contribution < 1.29 is 14.7 Å². The Morgan fingerprint density at radius 3 is 3.00 bits per heavy atom. The molecule has 3 aliphatic rings. The molecule has 2 saturated heterocycles. The number of hydrogen-bond acceptors (Lipinski definition) is 4. The van der Waals surface area contributed by atoms with E-state index < -0.39 is 0 Å². The predicted octanol–water partition coefficient (Wildman–Crippen LogP) is 1.31. The number of likely N-dealkylation sites (tertiary alicyclic amines) is 1. The maximum Gasteiger partial charge on any atom is 0.242 e. The van der Waals surface area contributed by atoms with E-state index in [1.165, 1.54) is 11.1 Å². The number of carbonyl (C=O) groups excluding carboxylic acids is 2. The Balaban J connectivity index is 1.53. The topological polar surface area (TPSA) is 81.7 Å². The normalized spacial score (nSPS) is 32.7. The molecule has 2 bridgehead atoms. The fraction of sp³-hybridized carbons (Fsp3) is 0.619. The van der Waals surface area contributed by atoms with Crippen LogP contribution >= 0.6 is 0 Å². The van der Waals surface area contributed by atoms with Gasteiger partial charge in [-0.05, 0) is 68.5 Å². The fourth-order valence-corrected chi connectivity index (χ4v) is 5.49. The Hall–Kier alpha value is -2.08. The lowest BCUT2D eigenvalue weighted by atomic mass is 9.56. The highest BCUT2D eigenvalue weighted by Gasteiger charge is 2.50. The SMILES string of the molecule is C[C@H]1[C@H]2Cc3ccc(O)cc3[C@@]1(CCNC(=O)[C@@H]1CCC(=O)N1)CCN2C. The Morgan fingerprint density at radius 1 is 1.44 bits per heavy atom. The molecule has 2 amide bonds. The van der Waals surface area contributed by atoms with Crippen LogP contribution in [0.1, 0.15) is 43.7 Å². The van der Waals surface area contributed by atoms with Crippen LogP contribution in [0.15, 0.2) is 18.2 Å². The highest BCUT2D eigenvalue weighted by atomic mass is 16.3. The van der Waals surface area contributed by atoms with E-state index in [0.717, 1.165) is 25.8 Å². The van der Waals surface area contributed by atoms with Crippen LogP contribution in [0.25, 0.3) is 0 Å². The van der Waals surface area contributed by atoms with Crippen molar-refractivity contribution in [2.75, 3.05) is 20.1 Å². The molecule has 4 rings (SSSR count). The van der Waals surface area contributed by atoms with Crippen LogP contribution in [0.5, 0.6) is 5.75 Å². The molecule has 0 spiro atoms. The smallest absolute Gasteiger partial charge is 0.242 e. The van der Waals surface area contributed by atoms with Gasteiger partial charge >= 0.3 is 0 Å². The largest absolute Gasteiger partial charge is 0.508 e. The summed E-state index contributed by atoms with van der Waals surface area (Å²) in [6.07, 6.45) is 3.89. The zero-order valence-electron chi connectivity index (χ0n) is 16.1. The molecule has 27 heavy (non-hydrogen) atoms. The Labute approximate surface area is 160 Å². The van der Waals surface area contributed by atoms with Crippen LogP contribution in [-0.4, -0.2) is 54.0 Å². The van der Waals surface area contributed by atoms with Crippen LogP contribution < -0.4 is 10.6 Å². The summed E-state index contributed by atoms with van der Waals surface area (Å²) in [5.41, 5.74) is 2.54. The molecule has 0 saturated carbocycles. The lowest BCUT2D eigenvalue weighted by molar-refractivity contribution is -0.125. The Kier molecular flexibility index (Phi) is 4.62. The summed E-state index contributed by atoms with van der Waals surface area (Å²) in [7, 11) is 2.20. The van der Waals surface area contributed by atoms with E-state index in [2.05, 4.69) is 35.6 Å². The molecular formula is C21H29N3O3. The monoisotopic (exact) mass is 371 g/mol. The summed E-state index contributed by atoms with van der Waals surface area (Å²) in [5.74, 6) is 0.641. The summed E-state index contributed by atoms with van der Waals surface area (Å²) < 4.78 is 0. The van der Waals surface area contributed by atoms with Gasteiger partial charge in [0.2, 0.25) is 11.8 Å². The maximum atomic E-state index is 12.4. The molecule has 1 aromatic rings. The molecule has 1 aliphatic carbocycles. The third-order valence-corrected chi connectivity index (χ3v) is 7.17. The third kappa shape index (κ3) is 3.10. The number of carbonyl (C=O) groups is 2. The molecule has 146 valence electrons. The number of phenols is 1. The average molecular weight is 371 g/mol. The van der Waals surface area contributed by atoms with Gasteiger partial charge in [0, 0.05) is 24.4 Å². The van der Waals surface area contributed by atoms with Crippen LogP contribution in [0.3, 0.4) is 0 Å². The molecular weight excluding hydrogens is 342 g/mol. The first-order valence-electron chi connectivity index (χ1n) is 10.0. The Bertz CT molecular complexity index is 765. The first kappa shape index (κ1) is 18.3. The molecule has 2 heterocycles. The number of benzene rings is 1. The van der Waals surface area contributed by atoms with Crippen LogP contribution in [0.2, 0.25) is 0 Å². The van der Waals surface area contributed by atoms with Gasteiger partial charge in [-0.15, -0.1) is 0 Å². The van der Waals surface area contributed by atoms with Crippen molar-refractivity contribution in [1.82, 2.24) is 15.5 Å². The first-order valence-corrected chi connectivity index (χ1v) is 10.0. The first-order chi connectivity index (χ1) is 12.9. The summed E-state index contributed by atoms with van der Waals surface area (Å²) in [6.45, 7) is 3.92. The Morgan fingerprint density at radius 2 is 2.26 bits per heavy atom. The number of hydrogen-bond donors (Lipinski definition) is 3. The van der Waals surface area contributed by atoms with E-state index in [1.807, 2.05) is 6.07 Å².